The molecule has 3 aliphatic rings. The van der Waals surface area contributed by atoms with E-state index in [1.165, 1.54) is 24.3 Å². The number of carbonyl (C=O) groups excluding carboxylic acids is 10. The lowest BCUT2D eigenvalue weighted by molar-refractivity contribution is -0.143. The zero-order valence-electron chi connectivity index (χ0n) is 48.5. The number of benzene rings is 3. The highest BCUT2D eigenvalue weighted by Gasteiger charge is 2.43. The number of phosphoric acid groups is 1. The fourth-order valence-electron chi connectivity index (χ4n) is 10.6. The van der Waals surface area contributed by atoms with Crippen LogP contribution in [0.1, 0.15) is 68.1 Å². The van der Waals surface area contributed by atoms with Crippen LogP contribution in [0.5, 0.6) is 5.75 Å². The molecule has 11 amide bonds. The van der Waals surface area contributed by atoms with Crippen LogP contribution in [0, 0.1) is 0 Å². The van der Waals surface area contributed by atoms with Gasteiger partial charge in [0.15, 0.2) is 5.96 Å². The second-order valence-corrected chi connectivity index (χ2v) is 24.2. The molecule has 30 nitrogen and oxygen atoms in total. The monoisotopic (exact) mass is 1270 g/mol. The van der Waals surface area contributed by atoms with Gasteiger partial charge in [0.05, 0.1) is 31.8 Å². The van der Waals surface area contributed by atoms with Gasteiger partial charge in [-0.2, -0.15) is 11.8 Å². The number of fused-ring (bicyclic) bond motifs is 2. The molecule has 19 N–H and O–H groups in total. The topological polar surface area (TPSA) is 475 Å². The van der Waals surface area contributed by atoms with Crippen LogP contribution in [-0.2, 0) is 71.5 Å². The van der Waals surface area contributed by atoms with Crippen LogP contribution in [0.3, 0.4) is 0 Å². The second kappa shape index (κ2) is 32.5. The number of aromatic hydroxyl groups is 1. The number of hydrogen-bond donors (Lipinski definition) is 16. The number of nitrogens with one attached hydrogen (secondary N) is 10. The SMILES string of the molecule is NC(=O)[C@H](CCCN=C(N)N)NC(=O)[C@@H]1CCCN1C(=O)[C@H](COP(=O)(O)O)NC(=O)[C@H](Cc1ccc(O)cc1)NC(=O)[C@H](Cc1ccccc1)NC(=O)[C@H](Cc1c[nH]c2ccccc12)NC(=O)CNC(=O)CNC(=O)CCCC[C@@H]1SC[C@@H]2NC(=O)N[C@@H]21. The molecule has 7 rings (SSSR count). The van der Waals surface area contributed by atoms with E-state index in [1.807, 2.05) is 0 Å². The molecule has 1 aromatic heterocycles. The summed E-state index contributed by atoms with van der Waals surface area (Å²) in [5, 5.41) is 34.9. The summed E-state index contributed by atoms with van der Waals surface area (Å²) < 4.78 is 16.9. The number of aromatic amines is 1. The Morgan fingerprint density at radius 2 is 1.35 bits per heavy atom. The van der Waals surface area contributed by atoms with Crippen LogP contribution in [0.25, 0.3) is 10.9 Å². The lowest BCUT2D eigenvalue weighted by Gasteiger charge is -2.31. The number of nitrogens with two attached hydrogens (primary N) is 3. The Bertz CT molecular complexity index is 3260. The van der Waals surface area contributed by atoms with E-state index >= 15 is 0 Å². The minimum atomic E-state index is -5.34. The number of phenolic OH excluding ortho intramolecular Hbond substituents is 1. The smallest absolute Gasteiger partial charge is 0.469 e. The Morgan fingerprint density at radius 1 is 0.719 bits per heavy atom. The van der Waals surface area contributed by atoms with Gasteiger partial charge in [-0.3, -0.25) is 52.7 Å². The summed E-state index contributed by atoms with van der Waals surface area (Å²) in [6.45, 7) is -2.15. The Balaban J connectivity index is 1.05. The maximum atomic E-state index is 14.9. The molecule has 3 saturated heterocycles. The van der Waals surface area contributed by atoms with Crippen LogP contribution in [0.2, 0.25) is 0 Å². The molecule has 4 aromatic rings. The zero-order valence-corrected chi connectivity index (χ0v) is 50.2. The molecule has 0 spiro atoms. The highest BCUT2D eigenvalue weighted by molar-refractivity contribution is 8.00. The summed E-state index contributed by atoms with van der Waals surface area (Å²) in [6, 6.07) is 12.2. The minimum Gasteiger partial charge on any atom is -0.508 e. The predicted molar refractivity (Wildman–Crippen MR) is 325 cm³/mol. The molecule has 0 radical (unpaired) electrons. The van der Waals surface area contributed by atoms with Crippen molar-refractivity contribution in [3.8, 4) is 5.75 Å². The number of H-pyrrole nitrogens is 1. The van der Waals surface area contributed by atoms with Crippen molar-refractivity contribution in [2.24, 2.45) is 22.2 Å². The first-order chi connectivity index (χ1) is 42.5. The summed E-state index contributed by atoms with van der Waals surface area (Å²) in [5.41, 5.74) is 18.6. The Morgan fingerprint density at radius 3 is 2.02 bits per heavy atom. The fourth-order valence-corrected chi connectivity index (χ4v) is 12.5. The maximum Gasteiger partial charge on any atom is 0.469 e. The van der Waals surface area contributed by atoms with Gasteiger partial charge >= 0.3 is 13.9 Å². The number of hydrogen-bond acceptors (Lipinski definition) is 15. The van der Waals surface area contributed by atoms with Crippen LogP contribution in [0.15, 0.2) is 90.1 Å². The van der Waals surface area contributed by atoms with Gasteiger partial charge in [0.1, 0.15) is 42.0 Å². The van der Waals surface area contributed by atoms with Gasteiger partial charge in [0.25, 0.3) is 0 Å². The first kappa shape index (κ1) is 67.7. The molecule has 32 heteroatoms. The Labute approximate surface area is 515 Å². The molecule has 4 heterocycles. The number of carbonyl (C=O) groups is 10. The molecule has 9 atom stereocenters. The van der Waals surface area contributed by atoms with E-state index in [-0.39, 0.29) is 105 Å². The molecule has 3 aromatic carbocycles. The molecule has 89 heavy (non-hydrogen) atoms. The number of nitrogens with zero attached hydrogens (tertiary/aromatic N) is 2. The van der Waals surface area contributed by atoms with Crippen LogP contribution >= 0.6 is 19.6 Å². The van der Waals surface area contributed by atoms with Crippen molar-refractivity contribution in [2.75, 3.05) is 38.5 Å². The molecular formula is C57H76N15O15PS. The molecule has 0 aliphatic carbocycles. The van der Waals surface area contributed by atoms with E-state index < -0.39 is 111 Å². The summed E-state index contributed by atoms with van der Waals surface area (Å²) in [7, 11) is -5.34. The van der Waals surface area contributed by atoms with Crippen molar-refractivity contribution in [3.05, 3.63) is 102 Å². The Hall–Kier alpha value is -8.77. The fraction of sp³-hybridized carbons (Fsp3) is 0.456. The average Bonchev–Trinajstić information content (AvgIpc) is 4.30. The second-order valence-electron chi connectivity index (χ2n) is 21.7. The van der Waals surface area contributed by atoms with Gasteiger partial charge < -0.3 is 89.8 Å². The van der Waals surface area contributed by atoms with Crippen LogP contribution < -0.4 is 65.1 Å². The molecule has 3 aliphatic heterocycles. The number of amides is 11. The van der Waals surface area contributed by atoms with E-state index in [0.29, 0.717) is 34.0 Å². The van der Waals surface area contributed by atoms with Crippen molar-refractivity contribution in [1.82, 2.24) is 57.7 Å². The number of phenols is 1. The summed E-state index contributed by atoms with van der Waals surface area (Å²) in [6.07, 6.45) is 3.80. The number of urea groups is 1. The number of aromatic nitrogens is 1. The lowest BCUT2D eigenvalue weighted by Crippen LogP contribution is -2.61. The molecule has 0 bridgehead atoms. The molecular weight excluding hydrogens is 1200 g/mol. The van der Waals surface area contributed by atoms with Gasteiger partial charge in [-0.15, -0.1) is 0 Å². The number of para-hydroxylation sites is 1. The molecule has 480 valence electrons. The third-order valence-corrected chi connectivity index (χ3v) is 17.1. The number of guanidine groups is 1. The van der Waals surface area contributed by atoms with Crippen molar-refractivity contribution >= 4 is 95.6 Å². The van der Waals surface area contributed by atoms with Crippen LogP contribution in [-0.4, -0.2) is 182 Å². The molecule has 0 unspecified atom stereocenters. The minimum absolute atomic E-state index is 0.0253. The van der Waals surface area contributed by atoms with Crippen molar-refractivity contribution < 1.29 is 71.9 Å². The third-order valence-electron chi connectivity index (χ3n) is 15.1. The van der Waals surface area contributed by atoms with Gasteiger partial charge in [-0.05, 0) is 73.4 Å². The van der Waals surface area contributed by atoms with Crippen molar-refractivity contribution in [1.29, 1.82) is 0 Å². The van der Waals surface area contributed by atoms with Crippen molar-refractivity contribution in [2.45, 2.75) is 124 Å². The van der Waals surface area contributed by atoms with E-state index in [9.17, 15) is 67.4 Å². The number of phosphoric ester groups is 1. The first-order valence-electron chi connectivity index (χ1n) is 28.9. The maximum absolute atomic E-state index is 14.9. The number of aliphatic imine (C=N–C) groups is 1. The van der Waals surface area contributed by atoms with E-state index in [2.05, 4.69) is 57.8 Å². The van der Waals surface area contributed by atoms with Gasteiger partial charge in [-0.1, -0.05) is 67.1 Å². The number of unbranched alkanes of at least 4 members (excludes halogenated alkanes) is 1. The average molecular weight is 1270 g/mol. The normalized spacial score (nSPS) is 18.5. The number of thioether (sulfide) groups is 1. The lowest BCUT2D eigenvalue weighted by atomic mass is 10.0. The summed E-state index contributed by atoms with van der Waals surface area (Å²) >= 11 is 1.77. The van der Waals surface area contributed by atoms with Crippen LogP contribution in [0.4, 0.5) is 4.79 Å². The number of primary amides is 1. The van der Waals surface area contributed by atoms with Gasteiger partial charge in [0, 0.05) is 66.9 Å². The molecule has 3 fully saturated rings. The quantitative estimate of drug-likeness (QED) is 0.00800. The molecule has 0 saturated carbocycles. The number of rotatable bonds is 33. The largest absolute Gasteiger partial charge is 0.508 e. The van der Waals surface area contributed by atoms with Gasteiger partial charge in [-0.25, -0.2) is 9.36 Å². The van der Waals surface area contributed by atoms with Gasteiger partial charge in [0.2, 0.25) is 53.2 Å². The van der Waals surface area contributed by atoms with E-state index in [4.69, 9.17) is 21.7 Å². The highest BCUT2D eigenvalue weighted by atomic mass is 32.2. The Kier molecular flexibility index (Phi) is 24.7. The van der Waals surface area contributed by atoms with E-state index in [1.54, 1.807) is 72.6 Å². The zero-order chi connectivity index (χ0) is 64.2. The summed E-state index contributed by atoms with van der Waals surface area (Å²) in [4.78, 5) is 163. The predicted octanol–water partition coefficient (Wildman–Crippen LogP) is -2.08. The highest BCUT2D eigenvalue weighted by Crippen LogP contribution is 2.36. The third kappa shape index (κ3) is 20.9. The first-order valence-corrected chi connectivity index (χ1v) is 31.5. The number of likely N-dealkylation sites (tertiary alicyclic amines) is 1. The van der Waals surface area contributed by atoms with Crippen molar-refractivity contribution in [3.63, 3.8) is 0 Å². The van der Waals surface area contributed by atoms with E-state index in [0.717, 1.165) is 23.5 Å². The standard InChI is InChI=1S/C57H76N15O15PS/c58-50(77)38(14-8-22-61-56(59)60)66-54(81)44-15-9-23-72(44)55(82)42(30-87-88(84,85)86)69-52(79)40(25-33-18-20-35(73)21-19-33)67-51(78)39(24-32-10-2-1-3-11-32)68-53(80)41(26-34-27-62-37-13-5-4-12-36(34)37)65-48(76)29-64-47(75)28-63-46(74)17-7-6-16-45-49-43(31-89-45)70-57(83)71-49/h1-5,10-13,18-21,27,38-45,49,62,73H,6-9,14-17,22-26,28-31H2,(H2,58,77)(H,63,74)(H,64,75)(H,65,76)(H,66,81)(H,67,78)(H,68,80)(H,69,79)(H4,59,60,61)(H2,70,71,83)(H2,84,85,86)/t38-,39-,40-,41-,42-,43-,44-,45-,49-/m0/s1. The summed E-state index contributed by atoms with van der Waals surface area (Å²) in [5.74, 6) is -7.02.